The van der Waals surface area contributed by atoms with Gasteiger partial charge in [0.15, 0.2) is 5.75 Å². The molecule has 0 unspecified atom stereocenters. The lowest BCUT2D eigenvalue weighted by atomic mass is 10.2. The van der Waals surface area contributed by atoms with Crippen LogP contribution in [0.4, 0.5) is 11.6 Å². The van der Waals surface area contributed by atoms with Crippen molar-refractivity contribution in [2.45, 2.75) is 0 Å². The highest BCUT2D eigenvalue weighted by atomic mass is 16.6. The molecule has 0 bridgehead atoms. The number of rotatable bonds is 5. The summed E-state index contributed by atoms with van der Waals surface area (Å²) in [7, 11) is 1.31. The molecule has 0 aliphatic carbocycles. The number of aromatic amines is 1. The third-order valence-corrected chi connectivity index (χ3v) is 3.27. The summed E-state index contributed by atoms with van der Waals surface area (Å²) in [6, 6.07) is 10.1. The summed E-state index contributed by atoms with van der Waals surface area (Å²) in [6.07, 6.45) is 1.36. The predicted octanol–water partition coefficient (Wildman–Crippen LogP) is 2.63. The molecule has 0 aliphatic rings. The van der Waals surface area contributed by atoms with E-state index in [4.69, 9.17) is 4.74 Å². The number of para-hydroxylation sites is 2. The summed E-state index contributed by atoms with van der Waals surface area (Å²) < 4.78 is 4.93. The molecule has 1 aromatic heterocycles. The number of hydrogen-bond donors (Lipinski definition) is 3. The van der Waals surface area contributed by atoms with Gasteiger partial charge in [0.2, 0.25) is 11.7 Å². The first kappa shape index (κ1) is 15.3. The highest BCUT2D eigenvalue weighted by molar-refractivity contribution is 5.84. The molecule has 9 heteroatoms. The van der Waals surface area contributed by atoms with E-state index in [-0.39, 0.29) is 5.75 Å². The normalized spacial score (nSPS) is 11.0. The number of methoxy groups -OCH3 is 1. The van der Waals surface area contributed by atoms with Crippen LogP contribution in [0.2, 0.25) is 0 Å². The molecule has 0 atom stereocenters. The SMILES string of the molecule is COc1cc(C=NNc2nc3ccccc3[nH]2)cc([N+](=O)[O-])c1O. The van der Waals surface area contributed by atoms with Crippen LogP contribution in [-0.4, -0.2) is 33.3 Å². The number of hydrogen-bond acceptors (Lipinski definition) is 7. The van der Waals surface area contributed by atoms with Gasteiger partial charge in [-0.3, -0.25) is 10.1 Å². The standard InChI is InChI=1S/C15H13N5O4/c1-24-13-7-9(6-12(14(13)21)20(22)23)8-16-19-15-17-10-4-2-3-5-11(10)18-15/h2-8,21H,1H3,(H2,17,18,19). The van der Waals surface area contributed by atoms with Gasteiger partial charge in [-0.25, -0.2) is 10.4 Å². The highest BCUT2D eigenvalue weighted by Crippen LogP contribution is 2.36. The molecule has 3 aromatic rings. The first-order chi connectivity index (χ1) is 11.6. The molecule has 1 heterocycles. The molecule has 0 spiro atoms. The van der Waals surface area contributed by atoms with Gasteiger partial charge in [0, 0.05) is 11.6 Å². The van der Waals surface area contributed by atoms with Crippen molar-refractivity contribution in [3.63, 3.8) is 0 Å². The third-order valence-electron chi connectivity index (χ3n) is 3.27. The van der Waals surface area contributed by atoms with Crippen LogP contribution in [0.1, 0.15) is 5.56 Å². The van der Waals surface area contributed by atoms with Crippen LogP contribution in [0, 0.1) is 10.1 Å². The van der Waals surface area contributed by atoms with Gasteiger partial charge < -0.3 is 14.8 Å². The summed E-state index contributed by atoms with van der Waals surface area (Å²) in [6.45, 7) is 0. The van der Waals surface area contributed by atoms with Gasteiger partial charge in [-0.2, -0.15) is 5.10 Å². The minimum atomic E-state index is -0.693. The second kappa shape index (κ2) is 6.24. The van der Waals surface area contributed by atoms with Crippen molar-refractivity contribution in [1.29, 1.82) is 0 Å². The fraction of sp³-hybridized carbons (Fsp3) is 0.0667. The van der Waals surface area contributed by atoms with E-state index in [0.29, 0.717) is 11.5 Å². The number of phenols is 1. The lowest BCUT2D eigenvalue weighted by molar-refractivity contribution is -0.386. The molecule has 122 valence electrons. The average molecular weight is 327 g/mol. The van der Waals surface area contributed by atoms with E-state index in [9.17, 15) is 15.2 Å². The summed E-state index contributed by atoms with van der Waals surface area (Å²) in [4.78, 5) is 17.6. The Hall–Kier alpha value is -3.62. The number of hydrazone groups is 1. The number of nitrogens with zero attached hydrogens (tertiary/aromatic N) is 3. The predicted molar refractivity (Wildman–Crippen MR) is 88.6 cm³/mol. The molecule has 0 amide bonds. The molecule has 2 aromatic carbocycles. The van der Waals surface area contributed by atoms with E-state index in [1.165, 1.54) is 25.5 Å². The van der Waals surface area contributed by atoms with E-state index < -0.39 is 16.4 Å². The average Bonchev–Trinajstić information content (AvgIpc) is 2.98. The number of anilines is 1. The van der Waals surface area contributed by atoms with E-state index in [1.807, 2.05) is 24.3 Å². The van der Waals surface area contributed by atoms with E-state index in [2.05, 4.69) is 20.5 Å². The molecule has 0 aliphatic heterocycles. The zero-order valence-corrected chi connectivity index (χ0v) is 12.6. The minimum Gasteiger partial charge on any atom is -0.500 e. The van der Waals surface area contributed by atoms with Crippen LogP contribution in [0.5, 0.6) is 11.5 Å². The second-order valence-electron chi connectivity index (χ2n) is 4.82. The van der Waals surface area contributed by atoms with Crippen LogP contribution < -0.4 is 10.2 Å². The van der Waals surface area contributed by atoms with E-state index >= 15 is 0 Å². The van der Waals surface area contributed by atoms with Crippen molar-refractivity contribution >= 4 is 28.9 Å². The largest absolute Gasteiger partial charge is 0.500 e. The molecule has 0 saturated heterocycles. The number of fused-ring (bicyclic) bond motifs is 1. The van der Waals surface area contributed by atoms with Crippen molar-refractivity contribution < 1.29 is 14.8 Å². The maximum Gasteiger partial charge on any atom is 0.315 e. The first-order valence-corrected chi connectivity index (χ1v) is 6.87. The number of nitrogens with one attached hydrogen (secondary N) is 2. The highest BCUT2D eigenvalue weighted by Gasteiger charge is 2.19. The van der Waals surface area contributed by atoms with Crippen molar-refractivity contribution in [3.8, 4) is 11.5 Å². The van der Waals surface area contributed by atoms with Crippen LogP contribution >= 0.6 is 0 Å². The van der Waals surface area contributed by atoms with Crippen molar-refractivity contribution in [2.75, 3.05) is 12.5 Å². The lowest BCUT2D eigenvalue weighted by Gasteiger charge is -2.04. The zero-order chi connectivity index (χ0) is 17.1. The fourth-order valence-electron chi connectivity index (χ4n) is 2.16. The molecule has 0 radical (unpaired) electrons. The fourth-order valence-corrected chi connectivity index (χ4v) is 2.16. The van der Waals surface area contributed by atoms with Crippen LogP contribution in [0.15, 0.2) is 41.5 Å². The number of aromatic nitrogens is 2. The second-order valence-corrected chi connectivity index (χ2v) is 4.82. The zero-order valence-electron chi connectivity index (χ0n) is 12.6. The Morgan fingerprint density at radius 3 is 2.92 bits per heavy atom. The van der Waals surface area contributed by atoms with Crippen LogP contribution in [-0.2, 0) is 0 Å². The maximum atomic E-state index is 11.0. The molecule has 9 nitrogen and oxygen atoms in total. The number of phenolic OH excluding ortho intramolecular Hbond substituents is 1. The van der Waals surface area contributed by atoms with Gasteiger partial charge in [0.1, 0.15) is 0 Å². The number of nitro groups is 1. The molecule has 0 saturated carbocycles. The smallest absolute Gasteiger partial charge is 0.315 e. The topological polar surface area (TPSA) is 126 Å². The number of aromatic hydroxyl groups is 1. The van der Waals surface area contributed by atoms with Gasteiger partial charge in [-0.15, -0.1) is 0 Å². The molecular formula is C15H13N5O4. The Balaban J connectivity index is 1.83. The van der Waals surface area contributed by atoms with Crippen LogP contribution in [0.25, 0.3) is 11.0 Å². The summed E-state index contributed by atoms with van der Waals surface area (Å²) in [5.74, 6) is -0.0908. The molecule has 0 fully saturated rings. The minimum absolute atomic E-state index is 0.00520. The number of benzene rings is 2. The van der Waals surface area contributed by atoms with Crippen molar-refractivity contribution in [1.82, 2.24) is 9.97 Å². The Morgan fingerprint density at radius 2 is 2.21 bits per heavy atom. The Bertz CT molecular complexity index is 902. The number of H-pyrrole nitrogens is 1. The quantitative estimate of drug-likeness (QED) is 0.376. The number of ether oxygens (including phenoxy) is 1. The van der Waals surface area contributed by atoms with Crippen molar-refractivity contribution in [2.24, 2.45) is 5.10 Å². The van der Waals surface area contributed by atoms with Gasteiger partial charge in [-0.1, -0.05) is 12.1 Å². The Kier molecular flexibility index (Phi) is 3.98. The monoisotopic (exact) mass is 327 g/mol. The molecule has 3 rings (SSSR count). The maximum absolute atomic E-state index is 11.0. The summed E-state index contributed by atoms with van der Waals surface area (Å²) >= 11 is 0. The van der Waals surface area contributed by atoms with Crippen molar-refractivity contribution in [3.05, 3.63) is 52.1 Å². The summed E-state index contributed by atoms with van der Waals surface area (Å²) in [5, 5.41) is 24.7. The van der Waals surface area contributed by atoms with Gasteiger partial charge >= 0.3 is 5.69 Å². The van der Waals surface area contributed by atoms with E-state index in [0.717, 1.165) is 11.0 Å². The summed E-state index contributed by atoms with van der Waals surface area (Å²) in [5.41, 5.74) is 4.29. The Morgan fingerprint density at radius 1 is 1.42 bits per heavy atom. The number of nitro benzene ring substituents is 1. The van der Waals surface area contributed by atoms with Crippen LogP contribution in [0.3, 0.4) is 0 Å². The molecule has 3 N–H and O–H groups in total. The first-order valence-electron chi connectivity index (χ1n) is 6.87. The van der Waals surface area contributed by atoms with E-state index in [1.54, 1.807) is 0 Å². The lowest BCUT2D eigenvalue weighted by Crippen LogP contribution is -1.96. The molecule has 24 heavy (non-hydrogen) atoms. The Labute approximate surface area is 135 Å². The third kappa shape index (κ3) is 2.95. The van der Waals surface area contributed by atoms with Gasteiger partial charge in [0.05, 0.1) is 29.3 Å². The van der Waals surface area contributed by atoms with Gasteiger partial charge in [0.25, 0.3) is 0 Å². The number of imidazole rings is 1. The van der Waals surface area contributed by atoms with Gasteiger partial charge in [-0.05, 0) is 18.2 Å². The molecular weight excluding hydrogens is 314 g/mol.